The SMILES string of the molecule is O=C(c1ccc2ccnc(N3CCN(c4ccccc4F)CC3)c2c1)N1CCN(c2ccccc2)CC1. The molecule has 2 saturated heterocycles. The largest absolute Gasteiger partial charge is 0.368 e. The molecule has 7 heteroatoms. The summed E-state index contributed by atoms with van der Waals surface area (Å²) in [7, 11) is 0. The molecule has 2 aliphatic heterocycles. The maximum atomic E-state index is 14.3. The van der Waals surface area contributed by atoms with Gasteiger partial charge in [-0.25, -0.2) is 9.37 Å². The summed E-state index contributed by atoms with van der Waals surface area (Å²) in [6.45, 7) is 5.94. The van der Waals surface area contributed by atoms with Crippen LogP contribution in [0.2, 0.25) is 0 Å². The van der Waals surface area contributed by atoms with Crippen LogP contribution in [-0.2, 0) is 0 Å². The summed E-state index contributed by atoms with van der Waals surface area (Å²) in [4.78, 5) is 26.7. The zero-order chi connectivity index (χ0) is 25.2. The zero-order valence-electron chi connectivity index (χ0n) is 20.8. The smallest absolute Gasteiger partial charge is 0.253 e. The number of pyridine rings is 1. The summed E-state index contributed by atoms with van der Waals surface area (Å²) < 4.78 is 14.3. The first-order valence-corrected chi connectivity index (χ1v) is 12.9. The van der Waals surface area contributed by atoms with Crippen molar-refractivity contribution in [1.29, 1.82) is 0 Å². The number of hydrogen-bond donors (Lipinski definition) is 0. The molecule has 0 saturated carbocycles. The van der Waals surface area contributed by atoms with Gasteiger partial charge in [0.05, 0.1) is 5.69 Å². The molecule has 6 nitrogen and oxygen atoms in total. The first-order chi connectivity index (χ1) is 18.2. The Labute approximate surface area is 216 Å². The number of fused-ring (bicyclic) bond motifs is 1. The summed E-state index contributed by atoms with van der Waals surface area (Å²) in [6.07, 6.45) is 1.82. The molecule has 0 atom stereocenters. The average molecular weight is 496 g/mol. The van der Waals surface area contributed by atoms with Crippen molar-refractivity contribution in [3.63, 3.8) is 0 Å². The fourth-order valence-corrected chi connectivity index (χ4v) is 5.39. The quantitative estimate of drug-likeness (QED) is 0.412. The van der Waals surface area contributed by atoms with Crippen LogP contribution in [0.25, 0.3) is 10.8 Å². The molecule has 4 aromatic rings. The molecule has 2 aliphatic rings. The summed E-state index contributed by atoms with van der Waals surface area (Å²) in [6, 6.07) is 25.2. The van der Waals surface area contributed by atoms with Gasteiger partial charge in [0.15, 0.2) is 0 Å². The highest BCUT2D eigenvalue weighted by Crippen LogP contribution is 2.29. The number of para-hydroxylation sites is 2. The lowest BCUT2D eigenvalue weighted by Crippen LogP contribution is -2.48. The van der Waals surface area contributed by atoms with Gasteiger partial charge in [-0.05, 0) is 47.9 Å². The highest BCUT2D eigenvalue weighted by molar-refractivity contribution is 6.01. The molecule has 1 aromatic heterocycles. The van der Waals surface area contributed by atoms with E-state index in [2.05, 4.69) is 26.8 Å². The molecule has 0 aliphatic carbocycles. The normalized spacial score (nSPS) is 16.4. The number of benzene rings is 3. The van der Waals surface area contributed by atoms with Crippen molar-refractivity contribution in [2.75, 3.05) is 67.1 Å². The topological polar surface area (TPSA) is 42.9 Å². The standard InChI is InChI=1S/C30H30FN5O/c31-27-8-4-5-9-28(27)34-16-18-35(19-17-34)29-26-22-24(11-10-23(26)12-13-32-29)30(37)36-20-14-33(15-21-36)25-6-2-1-3-7-25/h1-13,22H,14-21H2. The summed E-state index contributed by atoms with van der Waals surface area (Å²) in [5.41, 5.74) is 2.54. The lowest BCUT2D eigenvalue weighted by molar-refractivity contribution is 0.0747. The molecular formula is C30H30FN5O. The number of halogens is 1. The first-order valence-electron chi connectivity index (χ1n) is 12.9. The van der Waals surface area contributed by atoms with Crippen molar-refractivity contribution < 1.29 is 9.18 Å². The van der Waals surface area contributed by atoms with E-state index in [1.165, 1.54) is 11.8 Å². The number of amides is 1. The zero-order valence-corrected chi connectivity index (χ0v) is 20.8. The van der Waals surface area contributed by atoms with Crippen molar-refractivity contribution in [2.45, 2.75) is 0 Å². The molecule has 3 heterocycles. The van der Waals surface area contributed by atoms with E-state index in [0.717, 1.165) is 42.8 Å². The first kappa shape index (κ1) is 23.3. The van der Waals surface area contributed by atoms with Crippen LogP contribution in [-0.4, -0.2) is 68.1 Å². The van der Waals surface area contributed by atoms with Gasteiger partial charge in [-0.3, -0.25) is 4.79 Å². The van der Waals surface area contributed by atoms with E-state index in [1.54, 1.807) is 6.07 Å². The van der Waals surface area contributed by atoms with Gasteiger partial charge in [-0.2, -0.15) is 0 Å². The van der Waals surface area contributed by atoms with E-state index < -0.39 is 0 Å². The number of carbonyl (C=O) groups excluding carboxylic acids is 1. The van der Waals surface area contributed by atoms with E-state index in [9.17, 15) is 9.18 Å². The van der Waals surface area contributed by atoms with Crippen molar-refractivity contribution in [1.82, 2.24) is 9.88 Å². The summed E-state index contributed by atoms with van der Waals surface area (Å²) >= 11 is 0. The second-order valence-electron chi connectivity index (χ2n) is 9.61. The number of anilines is 3. The number of aromatic nitrogens is 1. The molecule has 37 heavy (non-hydrogen) atoms. The molecule has 0 radical (unpaired) electrons. The van der Waals surface area contributed by atoms with Crippen LogP contribution in [0, 0.1) is 5.82 Å². The van der Waals surface area contributed by atoms with Crippen molar-refractivity contribution in [2.24, 2.45) is 0 Å². The third kappa shape index (κ3) is 4.69. The van der Waals surface area contributed by atoms with Crippen LogP contribution in [0.1, 0.15) is 10.4 Å². The van der Waals surface area contributed by atoms with Crippen LogP contribution < -0.4 is 14.7 Å². The molecule has 0 bridgehead atoms. The van der Waals surface area contributed by atoms with Crippen LogP contribution in [0.4, 0.5) is 21.6 Å². The van der Waals surface area contributed by atoms with Crippen LogP contribution in [0.15, 0.2) is 85.1 Å². The van der Waals surface area contributed by atoms with Crippen LogP contribution >= 0.6 is 0 Å². The van der Waals surface area contributed by atoms with Gasteiger partial charge < -0.3 is 19.6 Å². The number of hydrogen-bond acceptors (Lipinski definition) is 5. The van der Waals surface area contributed by atoms with Crippen LogP contribution in [0.5, 0.6) is 0 Å². The van der Waals surface area contributed by atoms with E-state index in [1.807, 2.05) is 65.7 Å². The summed E-state index contributed by atoms with van der Waals surface area (Å²) in [5, 5.41) is 2.04. The minimum absolute atomic E-state index is 0.0637. The molecule has 6 rings (SSSR count). The Morgan fingerprint density at radius 2 is 1.38 bits per heavy atom. The summed E-state index contributed by atoms with van der Waals surface area (Å²) in [5.74, 6) is 0.759. The van der Waals surface area contributed by atoms with Crippen molar-refractivity contribution >= 4 is 33.9 Å². The second-order valence-corrected chi connectivity index (χ2v) is 9.61. The highest BCUT2D eigenvalue weighted by Gasteiger charge is 2.24. The van der Waals surface area contributed by atoms with Gasteiger partial charge in [0.1, 0.15) is 11.6 Å². The monoisotopic (exact) mass is 495 g/mol. The lowest BCUT2D eigenvalue weighted by atomic mass is 10.1. The predicted octanol–water partition coefficient (Wildman–Crippen LogP) is 4.66. The Balaban J connectivity index is 1.17. The van der Waals surface area contributed by atoms with Gasteiger partial charge in [0.25, 0.3) is 5.91 Å². The Hall–Kier alpha value is -4.13. The Morgan fingerprint density at radius 3 is 2.14 bits per heavy atom. The van der Waals surface area contributed by atoms with Gasteiger partial charge >= 0.3 is 0 Å². The fraction of sp³-hybridized carbons (Fsp3) is 0.267. The third-order valence-corrected chi connectivity index (χ3v) is 7.45. The van der Waals surface area contributed by atoms with E-state index in [4.69, 9.17) is 4.98 Å². The molecule has 0 spiro atoms. The molecule has 1 amide bonds. The molecule has 0 N–H and O–H groups in total. The van der Waals surface area contributed by atoms with E-state index in [0.29, 0.717) is 37.4 Å². The molecule has 188 valence electrons. The van der Waals surface area contributed by atoms with Crippen LogP contribution in [0.3, 0.4) is 0 Å². The second kappa shape index (κ2) is 10.1. The molecular weight excluding hydrogens is 465 g/mol. The number of piperazine rings is 2. The third-order valence-electron chi connectivity index (χ3n) is 7.45. The van der Waals surface area contributed by atoms with Gasteiger partial charge in [0.2, 0.25) is 0 Å². The maximum Gasteiger partial charge on any atom is 0.253 e. The number of rotatable bonds is 4. The highest BCUT2D eigenvalue weighted by atomic mass is 19.1. The van der Waals surface area contributed by atoms with Gasteiger partial charge in [-0.15, -0.1) is 0 Å². The average Bonchev–Trinajstić information content (AvgIpc) is 2.97. The maximum absolute atomic E-state index is 14.3. The van der Waals surface area contributed by atoms with Gasteiger partial charge in [-0.1, -0.05) is 36.4 Å². The fourth-order valence-electron chi connectivity index (χ4n) is 5.39. The predicted molar refractivity (Wildman–Crippen MR) is 147 cm³/mol. The molecule has 0 unspecified atom stereocenters. The van der Waals surface area contributed by atoms with Crippen molar-refractivity contribution in [3.8, 4) is 0 Å². The lowest BCUT2D eigenvalue weighted by Gasteiger charge is -2.37. The number of carbonyl (C=O) groups is 1. The van der Waals surface area contributed by atoms with E-state index in [-0.39, 0.29) is 11.7 Å². The van der Waals surface area contributed by atoms with Gasteiger partial charge in [0, 0.05) is 75.2 Å². The Bertz CT molecular complexity index is 1400. The molecule has 2 fully saturated rings. The minimum Gasteiger partial charge on any atom is -0.368 e. The number of nitrogens with zero attached hydrogens (tertiary/aromatic N) is 5. The van der Waals surface area contributed by atoms with E-state index >= 15 is 0 Å². The molecule has 3 aromatic carbocycles. The minimum atomic E-state index is -0.188. The Kier molecular flexibility index (Phi) is 6.35. The Morgan fingerprint density at radius 1 is 0.703 bits per heavy atom. The van der Waals surface area contributed by atoms with Crippen molar-refractivity contribution in [3.05, 3.63) is 96.4 Å².